The molecule has 0 saturated heterocycles. The zero-order valence-electron chi connectivity index (χ0n) is 19.5. The normalized spacial score (nSPS) is 14.4. The van der Waals surface area contributed by atoms with Crippen LogP contribution in [0.3, 0.4) is 0 Å². The zero-order chi connectivity index (χ0) is 26.3. The third-order valence-electron chi connectivity index (χ3n) is 6.30. The summed E-state index contributed by atoms with van der Waals surface area (Å²) in [4.78, 5) is 41.8. The molecule has 4 aromatic rings. The van der Waals surface area contributed by atoms with Crippen molar-refractivity contribution in [3.8, 4) is 0 Å². The van der Waals surface area contributed by atoms with Gasteiger partial charge in [-0.25, -0.2) is 23.7 Å². The summed E-state index contributed by atoms with van der Waals surface area (Å²) in [6.07, 6.45) is 1.23. The van der Waals surface area contributed by atoms with E-state index in [4.69, 9.17) is 12.2 Å². The van der Waals surface area contributed by atoms with Crippen LogP contribution in [0.4, 0.5) is 4.39 Å². The molecular formula is C25H21FN6O4S. The van der Waals surface area contributed by atoms with Gasteiger partial charge in [0, 0.05) is 6.54 Å². The molecule has 0 fully saturated rings. The Balaban J connectivity index is 1.39. The lowest BCUT2D eigenvalue weighted by Gasteiger charge is -2.15. The summed E-state index contributed by atoms with van der Waals surface area (Å²) < 4.78 is 15.0. The standard InChI is InChI=1S/C25H21FN6O4S/c1-12-8-13(2-6-17(12)26)11-27-22(34)20-10-19(29-24-30-31-25(37)32(20)24)21(33)28-18-7-4-14-9-15(23(35)36)3-5-16(14)18/h2-3,5-6,8-10,18H,4,7,11H2,1H3,(H,27,34)(H,28,33)(H,31,37)(H,35,36)/t18-/m0/s1. The zero-order valence-corrected chi connectivity index (χ0v) is 20.4. The van der Waals surface area contributed by atoms with E-state index in [1.54, 1.807) is 31.2 Å². The lowest BCUT2D eigenvalue weighted by molar-refractivity contribution is 0.0696. The van der Waals surface area contributed by atoms with Crippen molar-refractivity contribution >= 4 is 35.8 Å². The average Bonchev–Trinajstić information content (AvgIpc) is 3.46. The van der Waals surface area contributed by atoms with Crippen molar-refractivity contribution in [1.82, 2.24) is 30.2 Å². The molecule has 10 nitrogen and oxygen atoms in total. The van der Waals surface area contributed by atoms with E-state index in [9.17, 15) is 23.9 Å². The molecule has 5 rings (SSSR count). The second-order valence-electron chi connectivity index (χ2n) is 8.74. The molecule has 0 radical (unpaired) electrons. The van der Waals surface area contributed by atoms with Crippen LogP contribution in [0, 0.1) is 17.5 Å². The summed E-state index contributed by atoms with van der Waals surface area (Å²) in [6.45, 7) is 1.77. The highest BCUT2D eigenvalue weighted by Crippen LogP contribution is 2.32. The number of rotatable bonds is 6. The number of aryl methyl sites for hydroxylation is 2. The highest BCUT2D eigenvalue weighted by atomic mass is 32.1. The molecule has 1 aliphatic rings. The van der Waals surface area contributed by atoms with Gasteiger partial charge in [0.1, 0.15) is 17.2 Å². The number of halogens is 1. The number of hydrogen-bond donors (Lipinski definition) is 4. The minimum Gasteiger partial charge on any atom is -0.478 e. The largest absolute Gasteiger partial charge is 0.478 e. The minimum atomic E-state index is -1.01. The first-order valence-electron chi connectivity index (χ1n) is 11.4. The molecule has 2 heterocycles. The third-order valence-corrected chi connectivity index (χ3v) is 6.58. The van der Waals surface area contributed by atoms with E-state index < -0.39 is 17.8 Å². The van der Waals surface area contributed by atoms with Crippen molar-refractivity contribution < 1.29 is 23.9 Å². The number of fused-ring (bicyclic) bond motifs is 2. The Labute approximate surface area is 214 Å². The fourth-order valence-corrected chi connectivity index (χ4v) is 4.65. The molecular weight excluding hydrogens is 499 g/mol. The topological polar surface area (TPSA) is 141 Å². The SMILES string of the molecule is Cc1cc(CNC(=O)c2cc(C(=O)N[C@H]3CCc4cc(C(=O)O)ccc43)nc3n[nH]c(=S)n23)ccc1F. The van der Waals surface area contributed by atoms with E-state index in [0.29, 0.717) is 24.0 Å². The van der Waals surface area contributed by atoms with Gasteiger partial charge in [0.15, 0.2) is 0 Å². The van der Waals surface area contributed by atoms with Gasteiger partial charge in [0.25, 0.3) is 17.6 Å². The summed E-state index contributed by atoms with van der Waals surface area (Å²) in [6, 6.07) is 10.4. The van der Waals surface area contributed by atoms with Gasteiger partial charge in [-0.2, -0.15) is 0 Å². The smallest absolute Gasteiger partial charge is 0.335 e. The van der Waals surface area contributed by atoms with E-state index in [1.807, 2.05) is 0 Å². The molecule has 12 heteroatoms. The van der Waals surface area contributed by atoms with Crippen LogP contribution in [0.5, 0.6) is 0 Å². The molecule has 188 valence electrons. The molecule has 0 bridgehead atoms. The molecule has 1 aliphatic carbocycles. The molecule has 2 aromatic carbocycles. The van der Waals surface area contributed by atoms with Gasteiger partial charge < -0.3 is 15.7 Å². The van der Waals surface area contributed by atoms with Gasteiger partial charge >= 0.3 is 5.97 Å². The molecule has 0 unspecified atom stereocenters. The van der Waals surface area contributed by atoms with Crippen molar-refractivity contribution in [3.63, 3.8) is 0 Å². The molecule has 1 atom stereocenters. The van der Waals surface area contributed by atoms with Gasteiger partial charge in [-0.05, 0) is 78.5 Å². The fraction of sp³-hybridized carbons (Fsp3) is 0.200. The summed E-state index contributed by atoms with van der Waals surface area (Å²) in [5.74, 6) is -2.32. The number of benzene rings is 2. The summed E-state index contributed by atoms with van der Waals surface area (Å²) in [5, 5.41) is 21.5. The highest BCUT2D eigenvalue weighted by Gasteiger charge is 2.27. The third kappa shape index (κ3) is 4.70. The van der Waals surface area contributed by atoms with Gasteiger partial charge in [0.05, 0.1) is 11.6 Å². The van der Waals surface area contributed by atoms with E-state index in [2.05, 4.69) is 25.8 Å². The van der Waals surface area contributed by atoms with Crippen molar-refractivity contribution in [2.45, 2.75) is 32.4 Å². The molecule has 0 saturated carbocycles. The van der Waals surface area contributed by atoms with E-state index in [0.717, 1.165) is 11.1 Å². The maximum Gasteiger partial charge on any atom is 0.335 e. The molecule has 0 spiro atoms. The first kappa shape index (κ1) is 24.3. The average molecular weight is 521 g/mol. The quantitative estimate of drug-likeness (QED) is 0.286. The number of aromatic carboxylic acids is 1. The van der Waals surface area contributed by atoms with E-state index >= 15 is 0 Å². The molecule has 2 amide bonds. The summed E-state index contributed by atoms with van der Waals surface area (Å²) in [5.41, 5.74) is 3.10. The predicted molar refractivity (Wildman–Crippen MR) is 132 cm³/mol. The van der Waals surface area contributed by atoms with Crippen LogP contribution in [0.2, 0.25) is 0 Å². The van der Waals surface area contributed by atoms with Crippen LogP contribution in [0.15, 0.2) is 42.5 Å². The lowest BCUT2D eigenvalue weighted by atomic mass is 10.0. The number of aromatic amines is 1. The summed E-state index contributed by atoms with van der Waals surface area (Å²) in [7, 11) is 0. The Bertz CT molecular complexity index is 1650. The second kappa shape index (κ2) is 9.54. The fourth-order valence-electron chi connectivity index (χ4n) is 4.42. The van der Waals surface area contributed by atoms with Crippen molar-refractivity contribution in [2.24, 2.45) is 0 Å². The number of nitrogens with zero attached hydrogens (tertiary/aromatic N) is 3. The van der Waals surface area contributed by atoms with Gasteiger partial charge in [-0.15, -0.1) is 5.10 Å². The second-order valence-corrected chi connectivity index (χ2v) is 9.13. The van der Waals surface area contributed by atoms with Crippen molar-refractivity contribution in [3.05, 3.63) is 92.3 Å². The predicted octanol–water partition coefficient (Wildman–Crippen LogP) is 3.28. The number of aromatic nitrogens is 4. The summed E-state index contributed by atoms with van der Waals surface area (Å²) >= 11 is 5.24. The van der Waals surface area contributed by atoms with Crippen LogP contribution in [0.1, 0.15) is 66.1 Å². The Morgan fingerprint density at radius 2 is 2.00 bits per heavy atom. The van der Waals surface area contributed by atoms with Gasteiger partial charge in [0.2, 0.25) is 4.77 Å². The van der Waals surface area contributed by atoms with Crippen LogP contribution < -0.4 is 10.6 Å². The number of amides is 2. The van der Waals surface area contributed by atoms with Crippen LogP contribution in [-0.2, 0) is 13.0 Å². The monoisotopic (exact) mass is 520 g/mol. The Kier molecular flexibility index (Phi) is 6.25. The van der Waals surface area contributed by atoms with Crippen LogP contribution in [-0.4, -0.2) is 42.5 Å². The number of carboxylic acid groups (broad SMARTS) is 1. The molecule has 0 aliphatic heterocycles. The van der Waals surface area contributed by atoms with Gasteiger partial charge in [-0.1, -0.05) is 18.2 Å². The highest BCUT2D eigenvalue weighted by molar-refractivity contribution is 7.71. The van der Waals surface area contributed by atoms with Crippen molar-refractivity contribution in [1.29, 1.82) is 0 Å². The van der Waals surface area contributed by atoms with E-state index in [1.165, 1.54) is 22.6 Å². The number of carbonyl (C=O) groups excluding carboxylic acids is 2. The minimum absolute atomic E-state index is 0.0279. The van der Waals surface area contributed by atoms with Crippen LogP contribution in [0.25, 0.3) is 5.78 Å². The molecule has 4 N–H and O–H groups in total. The van der Waals surface area contributed by atoms with E-state index in [-0.39, 0.29) is 45.9 Å². The maximum atomic E-state index is 13.6. The van der Waals surface area contributed by atoms with Gasteiger partial charge in [-0.3, -0.25) is 9.59 Å². The van der Waals surface area contributed by atoms with Crippen molar-refractivity contribution in [2.75, 3.05) is 0 Å². The molecule has 2 aromatic heterocycles. The Morgan fingerprint density at radius 1 is 1.19 bits per heavy atom. The Morgan fingerprint density at radius 3 is 2.76 bits per heavy atom. The first-order valence-corrected chi connectivity index (χ1v) is 11.8. The molecule has 37 heavy (non-hydrogen) atoms. The lowest BCUT2D eigenvalue weighted by Crippen LogP contribution is -2.30. The number of carboxylic acids is 1. The number of nitrogens with one attached hydrogen (secondary N) is 3. The van der Waals surface area contributed by atoms with Crippen LogP contribution >= 0.6 is 12.2 Å². The Hall–Kier alpha value is -4.45. The first-order chi connectivity index (χ1) is 17.7. The maximum absolute atomic E-state index is 13.6. The number of hydrogen-bond acceptors (Lipinski definition) is 6. The number of carbonyl (C=O) groups is 3. The number of H-pyrrole nitrogens is 1.